The summed E-state index contributed by atoms with van der Waals surface area (Å²) in [6.45, 7) is 7.60. The highest BCUT2D eigenvalue weighted by Crippen LogP contribution is 2.26. The molecule has 0 aromatic heterocycles. The van der Waals surface area contributed by atoms with E-state index < -0.39 is 0 Å². The van der Waals surface area contributed by atoms with Crippen LogP contribution in [0.3, 0.4) is 0 Å². The van der Waals surface area contributed by atoms with E-state index in [0.717, 1.165) is 18.6 Å². The first-order valence-corrected chi connectivity index (χ1v) is 7.38. The predicted molar refractivity (Wildman–Crippen MR) is 85.5 cm³/mol. The maximum Gasteiger partial charge on any atom is 0.247 e. The Bertz CT molecular complexity index is 563. The van der Waals surface area contributed by atoms with Crippen LogP contribution in [0.4, 0.5) is 5.69 Å². The molecule has 0 radical (unpaired) electrons. The molecule has 1 saturated heterocycles. The molecule has 1 fully saturated rings. The number of hydrogen-bond donors (Lipinski definition) is 2. The number of ether oxygens (including phenoxy) is 1. The van der Waals surface area contributed by atoms with Crippen molar-refractivity contribution in [1.29, 1.82) is 0 Å². The fourth-order valence-electron chi connectivity index (χ4n) is 2.36. The Morgan fingerprint density at radius 2 is 2.27 bits per heavy atom. The van der Waals surface area contributed by atoms with Crippen LogP contribution in [0, 0.1) is 5.41 Å². The summed E-state index contributed by atoms with van der Waals surface area (Å²) in [5.41, 5.74) is 1.55. The van der Waals surface area contributed by atoms with E-state index in [2.05, 4.69) is 24.1 Å². The third kappa shape index (κ3) is 4.70. The number of nitrogens with one attached hydrogen (secondary N) is 2. The van der Waals surface area contributed by atoms with Crippen LogP contribution in [-0.4, -0.2) is 31.6 Å². The van der Waals surface area contributed by atoms with Gasteiger partial charge < -0.3 is 15.4 Å². The Labute approximate surface area is 130 Å². The zero-order valence-corrected chi connectivity index (χ0v) is 12.9. The molecule has 0 spiro atoms. The number of amides is 2. The van der Waals surface area contributed by atoms with Gasteiger partial charge in [-0.15, -0.1) is 0 Å². The van der Waals surface area contributed by atoms with Crippen molar-refractivity contribution < 1.29 is 14.3 Å². The highest BCUT2D eigenvalue weighted by molar-refractivity contribution is 5.98. The third-order valence-electron chi connectivity index (χ3n) is 3.76. The molecular formula is C17H22N2O3. The first kappa shape index (κ1) is 16.2. The van der Waals surface area contributed by atoms with Crippen LogP contribution in [0.25, 0.3) is 0 Å². The minimum Gasteiger partial charge on any atom is -0.381 e. The summed E-state index contributed by atoms with van der Waals surface area (Å²) in [6, 6.07) is 7.25. The van der Waals surface area contributed by atoms with E-state index in [1.165, 1.54) is 6.08 Å². The average Bonchev–Trinajstić information content (AvgIpc) is 2.93. The maximum atomic E-state index is 12.0. The number of rotatable bonds is 6. The summed E-state index contributed by atoms with van der Waals surface area (Å²) in [5, 5.41) is 5.65. The molecule has 5 heteroatoms. The van der Waals surface area contributed by atoms with E-state index in [1.807, 2.05) is 12.1 Å². The molecule has 5 nitrogen and oxygen atoms in total. The normalized spacial score (nSPS) is 20.4. The van der Waals surface area contributed by atoms with Gasteiger partial charge in [0.15, 0.2) is 0 Å². The van der Waals surface area contributed by atoms with Crippen LogP contribution in [-0.2, 0) is 20.7 Å². The van der Waals surface area contributed by atoms with E-state index in [0.29, 0.717) is 18.8 Å². The molecule has 118 valence electrons. The second kappa shape index (κ2) is 7.22. The van der Waals surface area contributed by atoms with E-state index in [1.54, 1.807) is 12.1 Å². The van der Waals surface area contributed by atoms with E-state index in [4.69, 9.17) is 4.74 Å². The molecule has 1 aliphatic rings. The molecule has 1 atom stereocenters. The van der Waals surface area contributed by atoms with Crippen LogP contribution in [0.1, 0.15) is 18.9 Å². The Morgan fingerprint density at radius 1 is 1.45 bits per heavy atom. The maximum absolute atomic E-state index is 12.0. The van der Waals surface area contributed by atoms with Crippen molar-refractivity contribution in [3.05, 3.63) is 42.5 Å². The Morgan fingerprint density at radius 3 is 2.95 bits per heavy atom. The topological polar surface area (TPSA) is 67.4 Å². The van der Waals surface area contributed by atoms with Gasteiger partial charge >= 0.3 is 0 Å². The zero-order valence-electron chi connectivity index (χ0n) is 12.9. The molecule has 1 aromatic rings. The number of carbonyl (C=O) groups excluding carboxylic acids is 2. The lowest BCUT2D eigenvalue weighted by Gasteiger charge is -2.21. The second-order valence-electron chi connectivity index (χ2n) is 5.96. The van der Waals surface area contributed by atoms with Gasteiger partial charge in [0, 0.05) is 24.3 Å². The van der Waals surface area contributed by atoms with Crippen molar-refractivity contribution in [2.24, 2.45) is 5.41 Å². The van der Waals surface area contributed by atoms with Crippen LogP contribution in [0.5, 0.6) is 0 Å². The minimum atomic E-state index is -0.268. The summed E-state index contributed by atoms with van der Waals surface area (Å²) >= 11 is 0. The Balaban J connectivity index is 1.87. The molecule has 22 heavy (non-hydrogen) atoms. The van der Waals surface area contributed by atoms with Gasteiger partial charge in [-0.2, -0.15) is 0 Å². The first-order chi connectivity index (χ1) is 10.5. The SMILES string of the molecule is C=CC(=O)Nc1cccc(CC(=O)NCC2(C)CCOC2)c1. The molecule has 2 amide bonds. The minimum absolute atomic E-state index is 0.0275. The lowest BCUT2D eigenvalue weighted by Crippen LogP contribution is -2.36. The molecular weight excluding hydrogens is 280 g/mol. The quantitative estimate of drug-likeness (QED) is 0.789. The van der Waals surface area contributed by atoms with Crippen molar-refractivity contribution in [3.8, 4) is 0 Å². The lowest BCUT2D eigenvalue weighted by atomic mass is 9.90. The molecule has 1 aliphatic heterocycles. The van der Waals surface area contributed by atoms with E-state index in [9.17, 15) is 9.59 Å². The van der Waals surface area contributed by atoms with Crippen LogP contribution >= 0.6 is 0 Å². The summed E-state index contributed by atoms with van der Waals surface area (Å²) in [4.78, 5) is 23.3. The zero-order chi connectivity index (χ0) is 16.0. The van der Waals surface area contributed by atoms with Crippen LogP contribution in [0.15, 0.2) is 36.9 Å². The monoisotopic (exact) mass is 302 g/mol. The second-order valence-corrected chi connectivity index (χ2v) is 5.96. The van der Waals surface area contributed by atoms with Crippen LogP contribution < -0.4 is 10.6 Å². The first-order valence-electron chi connectivity index (χ1n) is 7.38. The fraction of sp³-hybridized carbons (Fsp3) is 0.412. The standard InChI is InChI=1S/C17H22N2O3/c1-3-15(20)19-14-6-4-5-13(9-14)10-16(21)18-11-17(2)7-8-22-12-17/h3-6,9H,1,7-8,10-12H2,2H3,(H,18,21)(H,19,20). The van der Waals surface area contributed by atoms with Crippen molar-refractivity contribution in [2.45, 2.75) is 19.8 Å². The van der Waals surface area contributed by atoms with Crippen molar-refractivity contribution in [2.75, 3.05) is 25.1 Å². The summed E-state index contributed by atoms with van der Waals surface area (Å²) < 4.78 is 5.37. The van der Waals surface area contributed by atoms with Gasteiger partial charge in [-0.3, -0.25) is 9.59 Å². The Kier molecular flexibility index (Phi) is 5.33. The number of hydrogen-bond acceptors (Lipinski definition) is 3. The van der Waals surface area contributed by atoms with Crippen molar-refractivity contribution >= 4 is 17.5 Å². The number of anilines is 1. The molecule has 0 aliphatic carbocycles. The molecule has 2 rings (SSSR count). The van der Waals surface area contributed by atoms with Gasteiger partial charge in [0.2, 0.25) is 11.8 Å². The fourth-order valence-corrected chi connectivity index (χ4v) is 2.36. The highest BCUT2D eigenvalue weighted by atomic mass is 16.5. The van der Waals surface area contributed by atoms with Gasteiger partial charge in [0.05, 0.1) is 13.0 Å². The predicted octanol–water partition coefficient (Wildman–Crippen LogP) is 1.90. The highest BCUT2D eigenvalue weighted by Gasteiger charge is 2.29. The average molecular weight is 302 g/mol. The van der Waals surface area contributed by atoms with E-state index >= 15 is 0 Å². The molecule has 0 saturated carbocycles. The third-order valence-corrected chi connectivity index (χ3v) is 3.76. The molecule has 0 bridgehead atoms. The van der Waals surface area contributed by atoms with Gasteiger partial charge in [0.25, 0.3) is 0 Å². The van der Waals surface area contributed by atoms with Gasteiger partial charge in [0.1, 0.15) is 0 Å². The summed E-state index contributed by atoms with van der Waals surface area (Å²) in [7, 11) is 0. The summed E-state index contributed by atoms with van der Waals surface area (Å²) in [6.07, 6.45) is 2.47. The largest absolute Gasteiger partial charge is 0.381 e. The van der Waals surface area contributed by atoms with Crippen molar-refractivity contribution in [1.82, 2.24) is 5.32 Å². The van der Waals surface area contributed by atoms with Gasteiger partial charge in [-0.1, -0.05) is 25.6 Å². The molecule has 1 heterocycles. The van der Waals surface area contributed by atoms with Crippen molar-refractivity contribution in [3.63, 3.8) is 0 Å². The van der Waals surface area contributed by atoms with E-state index in [-0.39, 0.29) is 23.7 Å². The Hall–Kier alpha value is -2.14. The molecule has 2 N–H and O–H groups in total. The number of carbonyl (C=O) groups is 2. The molecule has 1 unspecified atom stereocenters. The lowest BCUT2D eigenvalue weighted by molar-refractivity contribution is -0.121. The number of benzene rings is 1. The van der Waals surface area contributed by atoms with Crippen LogP contribution in [0.2, 0.25) is 0 Å². The van der Waals surface area contributed by atoms with Gasteiger partial charge in [-0.25, -0.2) is 0 Å². The smallest absolute Gasteiger partial charge is 0.247 e. The molecule has 1 aromatic carbocycles. The van der Waals surface area contributed by atoms with Gasteiger partial charge in [-0.05, 0) is 30.2 Å². The summed E-state index contributed by atoms with van der Waals surface area (Å²) in [5.74, 6) is -0.295.